The van der Waals surface area contributed by atoms with Crippen molar-refractivity contribution in [3.63, 3.8) is 0 Å². The largest absolute Gasteiger partial charge is 0.593 e. The third-order valence-corrected chi connectivity index (χ3v) is 3.32. The van der Waals surface area contributed by atoms with Crippen LogP contribution in [-0.2, 0) is 4.84 Å². The summed E-state index contributed by atoms with van der Waals surface area (Å²) in [6.07, 6.45) is 9.80. The molecule has 2 aliphatic rings. The number of nitrogens with zero attached hydrogens (tertiary/aromatic N) is 2. The van der Waals surface area contributed by atoms with Gasteiger partial charge in [0.1, 0.15) is 19.4 Å². The molecule has 0 amide bonds. The molecule has 5 heteroatoms. The Morgan fingerprint density at radius 1 is 1.28 bits per heavy atom. The lowest BCUT2D eigenvalue weighted by Crippen LogP contribution is -2.43. The molecular formula is C13H22N2O3. The molecule has 0 aromatic heterocycles. The maximum atomic E-state index is 12.0. The Labute approximate surface area is 108 Å². The van der Waals surface area contributed by atoms with Crippen molar-refractivity contribution in [1.82, 2.24) is 4.90 Å². The number of aliphatic hydroxyl groups excluding tert-OH is 1. The number of allylic oxidation sites excluding steroid dienone is 2. The van der Waals surface area contributed by atoms with Crippen molar-refractivity contribution in [3.05, 3.63) is 29.6 Å². The zero-order valence-electron chi connectivity index (χ0n) is 10.7. The Bertz CT molecular complexity index is 313. The monoisotopic (exact) mass is 254 g/mol. The lowest BCUT2D eigenvalue weighted by molar-refractivity contribution is -1.02. The van der Waals surface area contributed by atoms with E-state index in [2.05, 4.69) is 4.90 Å². The molecule has 5 nitrogen and oxygen atoms in total. The molecule has 102 valence electrons. The lowest BCUT2D eigenvalue weighted by Gasteiger charge is -2.36. The Hall–Kier alpha value is -0.720. The fraction of sp³-hybridized carbons (Fsp3) is 0.692. The van der Waals surface area contributed by atoms with Gasteiger partial charge in [-0.3, -0.25) is 0 Å². The number of likely N-dealkylation sites (tertiary alicyclic amines) is 1. The zero-order valence-corrected chi connectivity index (χ0v) is 10.7. The number of piperidine rings is 1. The van der Waals surface area contributed by atoms with Crippen LogP contribution >= 0.6 is 0 Å². The van der Waals surface area contributed by atoms with Crippen molar-refractivity contribution in [3.8, 4) is 0 Å². The topological polar surface area (TPSA) is 55.8 Å². The van der Waals surface area contributed by atoms with E-state index in [1.807, 2.05) is 6.08 Å². The molecule has 1 N–H and O–H groups in total. The number of quaternary nitrogens is 1. The number of hydrogen-bond donors (Lipinski definition) is 1. The van der Waals surface area contributed by atoms with Gasteiger partial charge in [-0.1, -0.05) is 12.5 Å². The van der Waals surface area contributed by atoms with Gasteiger partial charge in [-0.15, -0.1) is 0 Å². The number of β-amino-alcohol motifs (C(OH)–C–C–N with tert-alkyl or cyclic N) is 1. The highest BCUT2D eigenvalue weighted by Crippen LogP contribution is 2.13. The predicted octanol–water partition coefficient (Wildman–Crippen LogP) is 1.16. The highest BCUT2D eigenvalue weighted by molar-refractivity contribution is 5.03. The summed E-state index contributed by atoms with van der Waals surface area (Å²) in [6.45, 7) is 3.03. The second-order valence-corrected chi connectivity index (χ2v) is 4.99. The normalized spacial score (nSPS) is 30.6. The van der Waals surface area contributed by atoms with E-state index in [0.717, 1.165) is 13.1 Å². The number of hydroxylamine groups is 4. The summed E-state index contributed by atoms with van der Waals surface area (Å²) in [4.78, 5) is 6.65. The minimum absolute atomic E-state index is 0.0815. The van der Waals surface area contributed by atoms with Crippen LogP contribution in [0.2, 0.25) is 0 Å². The van der Waals surface area contributed by atoms with E-state index in [9.17, 15) is 10.3 Å². The summed E-state index contributed by atoms with van der Waals surface area (Å²) in [7, 11) is 0. The molecule has 0 spiro atoms. The first kappa shape index (κ1) is 13.7. The molecule has 0 bridgehead atoms. The van der Waals surface area contributed by atoms with Gasteiger partial charge in [-0.05, 0) is 38.1 Å². The summed E-state index contributed by atoms with van der Waals surface area (Å²) >= 11 is 0. The Morgan fingerprint density at radius 3 is 2.72 bits per heavy atom. The number of aliphatic hydroxyl groups is 1. The molecule has 0 aliphatic carbocycles. The molecule has 2 heterocycles. The Balaban J connectivity index is 1.69. The minimum Gasteiger partial charge on any atom is -0.593 e. The van der Waals surface area contributed by atoms with Crippen LogP contribution in [0.25, 0.3) is 0 Å². The summed E-state index contributed by atoms with van der Waals surface area (Å²) in [5, 5.41) is 21.9. The summed E-state index contributed by atoms with van der Waals surface area (Å²) in [6, 6.07) is 0. The number of hydrogen-bond acceptors (Lipinski definition) is 4. The third kappa shape index (κ3) is 4.19. The van der Waals surface area contributed by atoms with Gasteiger partial charge in [0.25, 0.3) is 0 Å². The molecule has 1 saturated heterocycles. The van der Waals surface area contributed by atoms with Crippen LogP contribution in [0, 0.1) is 5.21 Å². The van der Waals surface area contributed by atoms with Gasteiger partial charge in [0, 0.05) is 6.54 Å². The fourth-order valence-electron chi connectivity index (χ4n) is 2.33. The Morgan fingerprint density at radius 2 is 2.06 bits per heavy atom. The van der Waals surface area contributed by atoms with Crippen molar-refractivity contribution in [2.75, 3.05) is 32.8 Å². The maximum absolute atomic E-state index is 12.0. The van der Waals surface area contributed by atoms with E-state index in [1.165, 1.54) is 25.5 Å². The standard InChI is InChI=1S/C13H22N2O3/c16-13(11-14-7-3-1-4-8-14)12-18-15(17)9-5-2-6-10-15/h2,5-6,9,13,16H,1,3-4,7-8,10-12H2/t13-,15?/m0/s1. The molecule has 2 rings (SSSR count). The van der Waals surface area contributed by atoms with Crippen molar-refractivity contribution < 1.29 is 14.8 Å². The highest BCUT2D eigenvalue weighted by atomic mass is 16.9. The molecule has 0 aromatic rings. The van der Waals surface area contributed by atoms with Gasteiger partial charge in [0.05, 0.1) is 6.10 Å². The van der Waals surface area contributed by atoms with Gasteiger partial charge in [0.2, 0.25) is 0 Å². The zero-order chi connectivity index (χ0) is 12.8. The summed E-state index contributed by atoms with van der Waals surface area (Å²) < 4.78 is 0. The lowest BCUT2D eigenvalue weighted by atomic mass is 10.1. The van der Waals surface area contributed by atoms with E-state index in [4.69, 9.17) is 4.84 Å². The van der Waals surface area contributed by atoms with Crippen LogP contribution in [0.1, 0.15) is 19.3 Å². The second-order valence-electron chi connectivity index (χ2n) is 4.99. The highest BCUT2D eigenvalue weighted by Gasteiger charge is 2.20. The van der Waals surface area contributed by atoms with Crippen LogP contribution in [0.4, 0.5) is 0 Å². The molecule has 1 unspecified atom stereocenters. The average Bonchev–Trinajstić information content (AvgIpc) is 2.39. The van der Waals surface area contributed by atoms with Crippen molar-refractivity contribution in [2.45, 2.75) is 25.4 Å². The molecule has 1 fully saturated rings. The Kier molecular flexibility index (Phi) is 4.91. The van der Waals surface area contributed by atoms with Crippen molar-refractivity contribution >= 4 is 0 Å². The number of rotatable bonds is 5. The maximum Gasteiger partial charge on any atom is 0.134 e. The average molecular weight is 254 g/mol. The van der Waals surface area contributed by atoms with Gasteiger partial charge in [-0.25, -0.2) is 0 Å². The van der Waals surface area contributed by atoms with E-state index in [0.29, 0.717) is 6.54 Å². The van der Waals surface area contributed by atoms with Gasteiger partial charge < -0.3 is 15.2 Å². The summed E-state index contributed by atoms with van der Waals surface area (Å²) in [5.41, 5.74) is 0. The second kappa shape index (κ2) is 6.45. The van der Waals surface area contributed by atoms with E-state index in [1.54, 1.807) is 12.2 Å². The minimum atomic E-state index is -0.826. The first-order chi connectivity index (χ1) is 8.68. The quantitative estimate of drug-likeness (QED) is 0.591. The molecule has 0 aromatic carbocycles. The smallest absolute Gasteiger partial charge is 0.134 e. The van der Waals surface area contributed by atoms with Crippen molar-refractivity contribution in [1.29, 1.82) is 0 Å². The van der Waals surface area contributed by atoms with Crippen LogP contribution < -0.4 is 0 Å². The van der Waals surface area contributed by atoms with Crippen LogP contribution in [-0.4, -0.2) is 53.7 Å². The van der Waals surface area contributed by atoms with Crippen LogP contribution in [0.5, 0.6) is 0 Å². The SMILES string of the molecule is [O-][N+]1(OC[C@@H](O)CN2CCCCC2)C=CC=CC1. The van der Waals surface area contributed by atoms with E-state index >= 15 is 0 Å². The molecule has 0 radical (unpaired) electrons. The van der Waals surface area contributed by atoms with Crippen LogP contribution in [0.15, 0.2) is 24.4 Å². The molecule has 2 aliphatic heterocycles. The predicted molar refractivity (Wildman–Crippen MR) is 69.0 cm³/mol. The molecular weight excluding hydrogens is 232 g/mol. The fourth-order valence-corrected chi connectivity index (χ4v) is 2.33. The van der Waals surface area contributed by atoms with E-state index < -0.39 is 10.9 Å². The van der Waals surface area contributed by atoms with Gasteiger partial charge >= 0.3 is 0 Å². The molecule has 0 saturated carbocycles. The first-order valence-corrected chi connectivity index (χ1v) is 6.66. The molecule has 18 heavy (non-hydrogen) atoms. The van der Waals surface area contributed by atoms with Crippen molar-refractivity contribution in [2.24, 2.45) is 0 Å². The third-order valence-electron chi connectivity index (χ3n) is 3.32. The van der Waals surface area contributed by atoms with Gasteiger partial charge in [-0.2, -0.15) is 9.65 Å². The molecule has 2 atom stereocenters. The van der Waals surface area contributed by atoms with Gasteiger partial charge in [0.15, 0.2) is 0 Å². The summed E-state index contributed by atoms with van der Waals surface area (Å²) in [5.74, 6) is 0. The van der Waals surface area contributed by atoms with Crippen LogP contribution in [0.3, 0.4) is 0 Å². The van der Waals surface area contributed by atoms with E-state index in [-0.39, 0.29) is 13.2 Å². The first-order valence-electron chi connectivity index (χ1n) is 6.66.